The third-order valence-corrected chi connectivity index (χ3v) is 7.33. The van der Waals surface area contributed by atoms with Crippen LogP contribution in [0.1, 0.15) is 53.6 Å². The number of halogens is 3. The molecule has 10 heteroatoms. The van der Waals surface area contributed by atoms with Gasteiger partial charge in [0, 0.05) is 10.4 Å². The fourth-order valence-electron chi connectivity index (χ4n) is 4.08. The average Bonchev–Trinajstić information content (AvgIpc) is 3.13. The van der Waals surface area contributed by atoms with Crippen LogP contribution >= 0.6 is 11.3 Å². The number of carbonyl (C=O) groups excluding carboxylic acids is 2. The van der Waals surface area contributed by atoms with Gasteiger partial charge in [0.25, 0.3) is 5.91 Å². The van der Waals surface area contributed by atoms with Crippen molar-refractivity contribution in [1.29, 1.82) is 5.26 Å². The molecule has 1 aromatic carbocycles. The second-order valence-corrected chi connectivity index (χ2v) is 10.4. The number of methoxy groups -OCH3 is 1. The van der Waals surface area contributed by atoms with Crippen LogP contribution in [0.15, 0.2) is 30.3 Å². The molecule has 0 spiro atoms. The first-order valence-electron chi connectivity index (χ1n) is 10.7. The highest BCUT2D eigenvalue weighted by atomic mass is 32.1. The van der Waals surface area contributed by atoms with E-state index in [4.69, 9.17) is 0 Å². The minimum atomic E-state index is -5.28. The van der Waals surface area contributed by atoms with Gasteiger partial charge in [-0.25, -0.2) is 4.79 Å². The first kappa shape index (κ1) is 25.6. The average molecular weight is 494 g/mol. The maximum Gasteiger partial charge on any atom is 0.441 e. The van der Waals surface area contributed by atoms with E-state index < -0.39 is 23.7 Å². The van der Waals surface area contributed by atoms with E-state index in [2.05, 4.69) is 30.8 Å². The molecule has 34 heavy (non-hydrogen) atoms. The summed E-state index contributed by atoms with van der Waals surface area (Å²) in [6.07, 6.45) is -3.32. The highest BCUT2D eigenvalue weighted by Crippen LogP contribution is 2.45. The van der Waals surface area contributed by atoms with Crippen LogP contribution in [0.2, 0.25) is 0 Å². The fraction of sp³-hybridized carbons (Fsp3) is 0.458. The number of amides is 1. The molecule has 0 saturated heterocycles. The molecule has 1 heterocycles. The highest BCUT2D eigenvalue weighted by molar-refractivity contribution is 7.16. The van der Waals surface area contributed by atoms with Crippen LogP contribution in [-0.2, 0) is 22.4 Å². The smallest absolute Gasteiger partial charge is 0.441 e. The number of nitrogens with zero attached hydrogens (tertiary/aromatic N) is 1. The number of hydrogen-bond acceptors (Lipinski definition) is 6. The number of esters is 1. The van der Waals surface area contributed by atoms with Crippen molar-refractivity contribution in [2.75, 3.05) is 12.4 Å². The maximum absolute atomic E-state index is 14.5. The Kier molecular flexibility index (Phi) is 6.99. The number of alkyl halides is 3. The van der Waals surface area contributed by atoms with Gasteiger partial charge in [-0.2, -0.15) is 18.4 Å². The minimum absolute atomic E-state index is 0.00647. The van der Waals surface area contributed by atoms with Crippen LogP contribution in [0, 0.1) is 22.7 Å². The Balaban J connectivity index is 2.07. The lowest BCUT2D eigenvalue weighted by molar-refractivity contribution is -0.203. The summed E-state index contributed by atoms with van der Waals surface area (Å²) in [5.41, 5.74) is -2.92. The maximum atomic E-state index is 14.5. The summed E-state index contributed by atoms with van der Waals surface area (Å²) >= 11 is 1.01. The van der Waals surface area contributed by atoms with Crippen molar-refractivity contribution in [2.45, 2.75) is 51.9 Å². The highest BCUT2D eigenvalue weighted by Gasteiger charge is 2.64. The molecule has 2 aromatic rings. The second kappa shape index (κ2) is 9.29. The third kappa shape index (κ3) is 4.75. The normalized spacial score (nSPS) is 17.6. The van der Waals surface area contributed by atoms with Crippen molar-refractivity contribution >= 4 is 28.2 Å². The number of rotatable bonds is 5. The third-order valence-electron chi connectivity index (χ3n) is 6.16. The van der Waals surface area contributed by atoms with Crippen molar-refractivity contribution in [3.8, 4) is 6.07 Å². The molecule has 3 rings (SSSR count). The number of fused-ring (bicyclic) bond motifs is 1. The summed E-state index contributed by atoms with van der Waals surface area (Å²) in [4.78, 5) is 26.1. The van der Waals surface area contributed by atoms with E-state index in [1.165, 1.54) is 24.3 Å². The lowest BCUT2D eigenvalue weighted by atomic mass is 9.72. The predicted octanol–water partition coefficient (Wildman–Crippen LogP) is 5.04. The number of benzene rings is 1. The molecular formula is C24H26F3N3O3S. The van der Waals surface area contributed by atoms with Crippen LogP contribution in [0.4, 0.5) is 18.2 Å². The minimum Gasteiger partial charge on any atom is -0.466 e. The van der Waals surface area contributed by atoms with E-state index in [9.17, 15) is 28.0 Å². The van der Waals surface area contributed by atoms with E-state index in [-0.39, 0.29) is 21.5 Å². The van der Waals surface area contributed by atoms with Crippen LogP contribution in [0.25, 0.3) is 0 Å². The summed E-state index contributed by atoms with van der Waals surface area (Å²) in [6, 6.07) is 9.22. The first-order chi connectivity index (χ1) is 15.8. The molecule has 1 aromatic heterocycles. The van der Waals surface area contributed by atoms with Gasteiger partial charge >= 0.3 is 17.8 Å². The van der Waals surface area contributed by atoms with Gasteiger partial charge in [-0.15, -0.1) is 11.3 Å². The number of anilines is 1. The van der Waals surface area contributed by atoms with Crippen molar-refractivity contribution < 1.29 is 27.5 Å². The Morgan fingerprint density at radius 1 is 1.18 bits per heavy atom. The standard InChI is InChI=1S/C24H26F3N3O3S/c1-22(2,3)15-10-11-16-17(13-28)20(34-18(16)12-15)30-23(21(32)33-4,24(25,26)27)29-19(31)14-8-6-5-7-9-14/h5-9,15,30H,10-12H2,1-4H3,(H,29,31). The van der Waals surface area contributed by atoms with Crippen LogP contribution < -0.4 is 10.6 Å². The van der Waals surface area contributed by atoms with Gasteiger partial charge in [-0.05, 0) is 48.3 Å². The fourth-order valence-corrected chi connectivity index (χ4v) is 5.41. The number of carbonyl (C=O) groups is 2. The van der Waals surface area contributed by atoms with Crippen molar-refractivity contribution in [1.82, 2.24) is 5.32 Å². The summed E-state index contributed by atoms with van der Waals surface area (Å²) in [5, 5.41) is 13.6. The molecule has 0 saturated carbocycles. The number of ether oxygens (including phenoxy) is 1. The van der Waals surface area contributed by atoms with E-state index >= 15 is 0 Å². The summed E-state index contributed by atoms with van der Waals surface area (Å²) < 4.78 is 47.8. The zero-order chi connectivity index (χ0) is 25.3. The molecular weight excluding hydrogens is 467 g/mol. The Morgan fingerprint density at radius 2 is 1.82 bits per heavy atom. The summed E-state index contributed by atoms with van der Waals surface area (Å²) in [6.45, 7) is 6.31. The molecule has 0 aliphatic heterocycles. The Labute approximate surface area is 200 Å². The molecule has 1 aliphatic carbocycles. The van der Waals surface area contributed by atoms with Crippen molar-refractivity contribution in [3.05, 3.63) is 51.9 Å². The van der Waals surface area contributed by atoms with Gasteiger partial charge in [-0.3, -0.25) is 4.79 Å². The number of nitrogens with one attached hydrogen (secondary N) is 2. The van der Waals surface area contributed by atoms with Gasteiger partial charge in [0.1, 0.15) is 11.1 Å². The number of hydrogen-bond donors (Lipinski definition) is 2. The molecule has 0 bridgehead atoms. The SMILES string of the molecule is COC(=O)C(NC(=O)c1ccccc1)(Nc1sc2c(c1C#N)CCC(C(C)(C)C)C2)C(F)(F)F. The van der Waals surface area contributed by atoms with Crippen LogP contribution in [0.3, 0.4) is 0 Å². The Hall–Kier alpha value is -3.06. The van der Waals surface area contributed by atoms with Gasteiger partial charge in [-0.1, -0.05) is 39.0 Å². The largest absolute Gasteiger partial charge is 0.466 e. The molecule has 1 amide bonds. The number of thiophene rings is 1. The first-order valence-corrected chi connectivity index (χ1v) is 11.5. The molecule has 2 atom stereocenters. The quantitative estimate of drug-likeness (QED) is 0.450. The van der Waals surface area contributed by atoms with Gasteiger partial charge in [0.15, 0.2) is 0 Å². The lowest BCUT2D eigenvalue weighted by Crippen LogP contribution is -2.69. The van der Waals surface area contributed by atoms with Gasteiger partial charge < -0.3 is 15.4 Å². The molecule has 2 unspecified atom stereocenters. The van der Waals surface area contributed by atoms with Gasteiger partial charge in [0.05, 0.1) is 12.7 Å². The van der Waals surface area contributed by atoms with Gasteiger partial charge in [0.2, 0.25) is 0 Å². The van der Waals surface area contributed by atoms with Crippen molar-refractivity contribution in [2.24, 2.45) is 11.3 Å². The van der Waals surface area contributed by atoms with Crippen LogP contribution in [-0.4, -0.2) is 30.8 Å². The molecule has 182 valence electrons. The Bertz CT molecular complexity index is 1120. The summed E-state index contributed by atoms with van der Waals surface area (Å²) in [7, 11) is 0.803. The molecule has 6 nitrogen and oxygen atoms in total. The molecule has 1 aliphatic rings. The summed E-state index contributed by atoms with van der Waals surface area (Å²) in [5.74, 6) is -2.57. The van der Waals surface area contributed by atoms with Crippen LogP contribution in [0.5, 0.6) is 0 Å². The monoisotopic (exact) mass is 493 g/mol. The van der Waals surface area contributed by atoms with E-state index in [1.807, 2.05) is 6.07 Å². The molecule has 0 fully saturated rings. The molecule has 0 radical (unpaired) electrons. The topological polar surface area (TPSA) is 91.2 Å². The van der Waals surface area contributed by atoms with E-state index in [0.29, 0.717) is 24.3 Å². The zero-order valence-corrected chi connectivity index (χ0v) is 20.1. The predicted molar refractivity (Wildman–Crippen MR) is 122 cm³/mol. The zero-order valence-electron chi connectivity index (χ0n) is 19.3. The van der Waals surface area contributed by atoms with E-state index in [0.717, 1.165) is 29.7 Å². The molecule has 2 N–H and O–H groups in total. The Morgan fingerprint density at radius 3 is 2.35 bits per heavy atom. The second-order valence-electron chi connectivity index (χ2n) is 9.31. The van der Waals surface area contributed by atoms with Crippen molar-refractivity contribution in [3.63, 3.8) is 0 Å². The lowest BCUT2D eigenvalue weighted by Gasteiger charge is -2.34. The van der Waals surface area contributed by atoms with E-state index in [1.54, 1.807) is 11.4 Å². The number of nitriles is 1.